The van der Waals surface area contributed by atoms with Crippen molar-refractivity contribution in [3.05, 3.63) is 17.7 Å². The van der Waals surface area contributed by atoms with Gasteiger partial charge in [0.1, 0.15) is 5.54 Å². The van der Waals surface area contributed by atoms with E-state index in [2.05, 4.69) is 27.9 Å². The molecule has 1 aromatic heterocycles. The minimum atomic E-state index is -0.314. The topological polar surface area (TPSA) is 53.6 Å². The van der Waals surface area contributed by atoms with Gasteiger partial charge in [0, 0.05) is 11.7 Å². The summed E-state index contributed by atoms with van der Waals surface area (Å²) in [5, 5.41) is 12.8. The van der Waals surface area contributed by atoms with Crippen LogP contribution in [0.5, 0.6) is 0 Å². The van der Waals surface area contributed by atoms with Gasteiger partial charge in [-0.3, -0.25) is 5.32 Å². The number of fused-ring (bicyclic) bond motifs is 1. The van der Waals surface area contributed by atoms with E-state index in [4.69, 9.17) is 0 Å². The number of aryl methyl sites for hydroxylation is 1. The lowest BCUT2D eigenvalue weighted by atomic mass is 9.98. The van der Waals surface area contributed by atoms with Gasteiger partial charge >= 0.3 is 0 Å². The van der Waals surface area contributed by atoms with E-state index >= 15 is 0 Å². The normalized spacial score (nSPS) is 30.0. The molecule has 1 N–H and O–H groups in total. The predicted molar refractivity (Wildman–Crippen MR) is 73.8 cm³/mol. The number of nitrogens with one attached hydrogen (secondary N) is 1. The standard InChI is InChI=1S/C15H22N4/c1-2-18-15(10-16)8-7-12(9-15)19-11-17-13-5-3-4-6-14(13)19/h11-12,18H,2-9H2,1H3. The van der Waals surface area contributed by atoms with Crippen LogP contribution in [0.2, 0.25) is 0 Å². The molecule has 0 aromatic carbocycles. The molecule has 0 radical (unpaired) electrons. The van der Waals surface area contributed by atoms with Gasteiger partial charge in [-0.05, 0) is 51.5 Å². The van der Waals surface area contributed by atoms with Crippen molar-refractivity contribution in [2.45, 2.75) is 63.5 Å². The van der Waals surface area contributed by atoms with Crippen LogP contribution in [0.25, 0.3) is 0 Å². The Morgan fingerprint density at radius 3 is 3.16 bits per heavy atom. The molecule has 19 heavy (non-hydrogen) atoms. The van der Waals surface area contributed by atoms with Crippen LogP contribution in [0.4, 0.5) is 0 Å². The Kier molecular flexibility index (Phi) is 3.32. The summed E-state index contributed by atoms with van der Waals surface area (Å²) in [5.74, 6) is 0. The zero-order valence-corrected chi connectivity index (χ0v) is 11.7. The van der Waals surface area contributed by atoms with Gasteiger partial charge in [0.15, 0.2) is 0 Å². The van der Waals surface area contributed by atoms with Crippen molar-refractivity contribution in [1.82, 2.24) is 14.9 Å². The van der Waals surface area contributed by atoms with Crippen LogP contribution < -0.4 is 5.32 Å². The highest BCUT2D eigenvalue weighted by Crippen LogP contribution is 2.39. The second kappa shape index (κ2) is 4.97. The zero-order valence-electron chi connectivity index (χ0n) is 11.7. The van der Waals surface area contributed by atoms with E-state index in [1.165, 1.54) is 24.2 Å². The SMILES string of the molecule is CCNC1(C#N)CCC(n2cnc3c2CCCC3)C1. The second-order valence-corrected chi connectivity index (χ2v) is 5.87. The van der Waals surface area contributed by atoms with E-state index in [9.17, 15) is 5.26 Å². The van der Waals surface area contributed by atoms with E-state index in [0.29, 0.717) is 6.04 Å². The smallest absolute Gasteiger partial charge is 0.108 e. The lowest BCUT2D eigenvalue weighted by Gasteiger charge is -2.23. The summed E-state index contributed by atoms with van der Waals surface area (Å²) in [7, 11) is 0. The fourth-order valence-corrected chi connectivity index (χ4v) is 3.70. The summed E-state index contributed by atoms with van der Waals surface area (Å²) in [6, 6.07) is 2.96. The average molecular weight is 258 g/mol. The van der Waals surface area contributed by atoms with Gasteiger partial charge in [-0.25, -0.2) is 4.98 Å². The minimum Gasteiger partial charge on any atom is -0.331 e. The largest absolute Gasteiger partial charge is 0.331 e. The summed E-state index contributed by atoms with van der Waals surface area (Å²) in [6.07, 6.45) is 9.81. The first-order chi connectivity index (χ1) is 9.28. The number of nitrogens with zero attached hydrogens (tertiary/aromatic N) is 3. The van der Waals surface area contributed by atoms with Gasteiger partial charge in [-0.15, -0.1) is 0 Å². The molecule has 1 fully saturated rings. The first kappa shape index (κ1) is 12.7. The van der Waals surface area contributed by atoms with Gasteiger partial charge in [-0.2, -0.15) is 5.26 Å². The minimum absolute atomic E-state index is 0.314. The highest BCUT2D eigenvalue weighted by molar-refractivity contribution is 5.20. The first-order valence-electron chi connectivity index (χ1n) is 7.49. The molecule has 3 rings (SSSR count). The Hall–Kier alpha value is -1.34. The Labute approximate surface area is 114 Å². The van der Waals surface area contributed by atoms with Crippen LogP contribution in [0, 0.1) is 11.3 Å². The van der Waals surface area contributed by atoms with Gasteiger partial charge < -0.3 is 4.57 Å². The van der Waals surface area contributed by atoms with Crippen molar-refractivity contribution < 1.29 is 0 Å². The maximum atomic E-state index is 9.46. The van der Waals surface area contributed by atoms with Crippen molar-refractivity contribution in [3.8, 4) is 6.07 Å². The molecule has 0 saturated heterocycles. The molecule has 0 bridgehead atoms. The molecule has 1 saturated carbocycles. The molecule has 2 atom stereocenters. The molecule has 2 aliphatic rings. The summed E-state index contributed by atoms with van der Waals surface area (Å²) in [4.78, 5) is 4.58. The highest BCUT2D eigenvalue weighted by atomic mass is 15.1. The Balaban J connectivity index is 1.81. The quantitative estimate of drug-likeness (QED) is 0.905. The third kappa shape index (κ3) is 2.17. The molecule has 2 aliphatic carbocycles. The van der Waals surface area contributed by atoms with Crippen molar-refractivity contribution >= 4 is 0 Å². The van der Waals surface area contributed by atoms with Crippen LogP contribution in [0.3, 0.4) is 0 Å². The van der Waals surface area contributed by atoms with Crippen LogP contribution in [0.15, 0.2) is 6.33 Å². The molecule has 4 nitrogen and oxygen atoms in total. The van der Waals surface area contributed by atoms with Crippen LogP contribution >= 0.6 is 0 Å². The molecule has 0 spiro atoms. The van der Waals surface area contributed by atoms with Crippen LogP contribution in [0.1, 0.15) is 56.5 Å². The summed E-state index contributed by atoms with van der Waals surface area (Å²) in [5.41, 5.74) is 2.41. The maximum Gasteiger partial charge on any atom is 0.108 e. The van der Waals surface area contributed by atoms with Crippen molar-refractivity contribution in [2.24, 2.45) is 0 Å². The molecule has 1 aromatic rings. The fourth-order valence-electron chi connectivity index (χ4n) is 3.70. The molecule has 4 heteroatoms. The number of hydrogen-bond acceptors (Lipinski definition) is 3. The first-order valence-corrected chi connectivity index (χ1v) is 7.49. The number of rotatable bonds is 3. The lowest BCUT2D eigenvalue weighted by Crippen LogP contribution is -2.41. The van der Waals surface area contributed by atoms with Crippen molar-refractivity contribution in [3.63, 3.8) is 0 Å². The van der Waals surface area contributed by atoms with E-state index < -0.39 is 0 Å². The van der Waals surface area contributed by atoms with Crippen molar-refractivity contribution in [1.29, 1.82) is 5.26 Å². The zero-order chi connectivity index (χ0) is 13.3. The van der Waals surface area contributed by atoms with Crippen molar-refractivity contribution in [2.75, 3.05) is 6.54 Å². The van der Waals surface area contributed by atoms with Gasteiger partial charge in [-0.1, -0.05) is 6.92 Å². The average Bonchev–Trinajstić information content (AvgIpc) is 3.03. The molecule has 102 valence electrons. The number of nitriles is 1. The van der Waals surface area contributed by atoms with Crippen LogP contribution in [-0.4, -0.2) is 21.6 Å². The van der Waals surface area contributed by atoms with Gasteiger partial charge in [0.2, 0.25) is 0 Å². The highest BCUT2D eigenvalue weighted by Gasteiger charge is 2.40. The Bertz CT molecular complexity index is 499. The molecule has 2 unspecified atom stereocenters. The second-order valence-electron chi connectivity index (χ2n) is 5.87. The summed E-state index contributed by atoms with van der Waals surface area (Å²) in [6.45, 7) is 2.94. The van der Waals surface area contributed by atoms with Gasteiger partial charge in [0.25, 0.3) is 0 Å². The fraction of sp³-hybridized carbons (Fsp3) is 0.733. The lowest BCUT2D eigenvalue weighted by molar-refractivity contribution is 0.404. The van der Waals surface area contributed by atoms with E-state index in [1.807, 2.05) is 6.33 Å². The number of aromatic nitrogens is 2. The van der Waals surface area contributed by atoms with E-state index in [0.717, 1.165) is 38.6 Å². The molecular formula is C15H22N4. The Morgan fingerprint density at radius 1 is 1.53 bits per heavy atom. The van der Waals surface area contributed by atoms with Gasteiger partial charge in [0.05, 0.1) is 18.1 Å². The molecule has 0 amide bonds. The van der Waals surface area contributed by atoms with E-state index in [-0.39, 0.29) is 5.54 Å². The Morgan fingerprint density at radius 2 is 2.37 bits per heavy atom. The summed E-state index contributed by atoms with van der Waals surface area (Å²) >= 11 is 0. The molecular weight excluding hydrogens is 236 g/mol. The predicted octanol–water partition coefficient (Wildman–Crippen LogP) is 2.36. The monoisotopic (exact) mass is 258 g/mol. The number of imidazole rings is 1. The molecule has 1 heterocycles. The maximum absolute atomic E-state index is 9.46. The third-order valence-electron chi connectivity index (χ3n) is 4.67. The third-order valence-corrected chi connectivity index (χ3v) is 4.67. The van der Waals surface area contributed by atoms with Crippen LogP contribution in [-0.2, 0) is 12.8 Å². The van der Waals surface area contributed by atoms with E-state index in [1.54, 1.807) is 0 Å². The summed E-state index contributed by atoms with van der Waals surface area (Å²) < 4.78 is 2.37. The molecule has 0 aliphatic heterocycles. The number of hydrogen-bond donors (Lipinski definition) is 1.